The lowest BCUT2D eigenvalue weighted by Crippen LogP contribution is -2.22. The second-order valence-electron chi connectivity index (χ2n) is 5.34. The molecule has 0 fully saturated rings. The molecule has 1 N–H and O–H groups in total. The van der Waals surface area contributed by atoms with E-state index in [9.17, 15) is 0 Å². The first-order valence-corrected chi connectivity index (χ1v) is 7.16. The van der Waals surface area contributed by atoms with E-state index in [4.69, 9.17) is 11.6 Å². The molecule has 0 saturated carbocycles. The summed E-state index contributed by atoms with van der Waals surface area (Å²) in [5, 5.41) is 6.50. The third-order valence-corrected chi connectivity index (χ3v) is 4.07. The number of nitrogens with one attached hydrogen (secondary N) is 1. The number of thiophene rings is 1. The van der Waals surface area contributed by atoms with Crippen LogP contribution in [0.2, 0.25) is 5.02 Å². The van der Waals surface area contributed by atoms with E-state index in [1.165, 1.54) is 11.3 Å². The molecule has 1 nitrogen and oxygen atoms in total. The third-order valence-electron chi connectivity index (χ3n) is 2.59. The molecule has 16 heavy (non-hydrogen) atoms. The van der Waals surface area contributed by atoms with Crippen molar-refractivity contribution in [3.05, 3.63) is 21.3 Å². The van der Waals surface area contributed by atoms with Gasteiger partial charge < -0.3 is 5.32 Å². The van der Waals surface area contributed by atoms with Gasteiger partial charge >= 0.3 is 0 Å². The van der Waals surface area contributed by atoms with Crippen molar-refractivity contribution in [2.45, 2.75) is 46.6 Å². The van der Waals surface area contributed by atoms with Crippen LogP contribution in [-0.4, -0.2) is 6.54 Å². The zero-order valence-electron chi connectivity index (χ0n) is 10.6. The Morgan fingerprint density at radius 1 is 1.44 bits per heavy atom. The molecule has 1 rings (SSSR count). The fraction of sp³-hybridized carbons (Fsp3) is 0.692. The molecule has 0 spiro atoms. The van der Waals surface area contributed by atoms with E-state index in [-0.39, 0.29) is 0 Å². The lowest BCUT2D eigenvalue weighted by Gasteiger charge is -2.23. The highest BCUT2D eigenvalue weighted by Gasteiger charge is 2.18. The lowest BCUT2D eigenvalue weighted by atomic mass is 9.88. The first-order chi connectivity index (χ1) is 7.44. The fourth-order valence-electron chi connectivity index (χ4n) is 1.70. The first-order valence-electron chi connectivity index (χ1n) is 5.90. The molecule has 0 radical (unpaired) electrons. The van der Waals surface area contributed by atoms with Crippen molar-refractivity contribution in [3.63, 3.8) is 0 Å². The van der Waals surface area contributed by atoms with Crippen LogP contribution in [0.25, 0.3) is 0 Å². The SMILES string of the molecule is CCNC(CCC(C)(C)C)c1sccc1Cl. The molecule has 0 amide bonds. The Morgan fingerprint density at radius 3 is 2.56 bits per heavy atom. The van der Waals surface area contributed by atoms with Gasteiger partial charge in [0.15, 0.2) is 0 Å². The Bertz CT molecular complexity index is 314. The van der Waals surface area contributed by atoms with Crippen molar-refractivity contribution in [2.24, 2.45) is 5.41 Å². The molecule has 1 heterocycles. The van der Waals surface area contributed by atoms with Gasteiger partial charge in [0.05, 0.1) is 5.02 Å². The maximum absolute atomic E-state index is 6.19. The van der Waals surface area contributed by atoms with Gasteiger partial charge in [0.1, 0.15) is 0 Å². The van der Waals surface area contributed by atoms with Crippen LogP contribution in [0.15, 0.2) is 11.4 Å². The summed E-state index contributed by atoms with van der Waals surface area (Å²) in [6, 6.07) is 2.40. The summed E-state index contributed by atoms with van der Waals surface area (Å²) in [5.74, 6) is 0. The molecule has 0 aliphatic rings. The topological polar surface area (TPSA) is 12.0 Å². The van der Waals surface area contributed by atoms with E-state index in [1.54, 1.807) is 11.3 Å². The molecule has 0 aliphatic heterocycles. The minimum absolute atomic E-state index is 0.386. The van der Waals surface area contributed by atoms with Crippen LogP contribution in [0.4, 0.5) is 0 Å². The van der Waals surface area contributed by atoms with Gasteiger partial charge in [-0.2, -0.15) is 0 Å². The molecule has 0 bridgehead atoms. The third kappa shape index (κ3) is 4.44. The Balaban J connectivity index is 2.65. The highest BCUT2D eigenvalue weighted by molar-refractivity contribution is 7.10. The standard InChI is InChI=1S/C13H22ClNS/c1-5-15-11(6-8-13(2,3)4)12-10(14)7-9-16-12/h7,9,11,15H,5-6,8H2,1-4H3. The summed E-state index contributed by atoms with van der Waals surface area (Å²) < 4.78 is 0. The zero-order chi connectivity index (χ0) is 12.2. The minimum Gasteiger partial charge on any atom is -0.309 e. The maximum Gasteiger partial charge on any atom is 0.0561 e. The Hall–Kier alpha value is -0.0500. The second kappa shape index (κ2) is 6.04. The van der Waals surface area contributed by atoms with Gasteiger partial charge in [-0.15, -0.1) is 11.3 Å². The van der Waals surface area contributed by atoms with Gasteiger partial charge in [0.2, 0.25) is 0 Å². The van der Waals surface area contributed by atoms with Crippen LogP contribution in [0.5, 0.6) is 0 Å². The van der Waals surface area contributed by atoms with E-state index in [0.717, 1.165) is 18.0 Å². The summed E-state index contributed by atoms with van der Waals surface area (Å²) >= 11 is 7.94. The number of hydrogen-bond acceptors (Lipinski definition) is 2. The van der Waals surface area contributed by atoms with Gasteiger partial charge in [-0.05, 0) is 36.2 Å². The van der Waals surface area contributed by atoms with Crippen molar-refractivity contribution in [1.82, 2.24) is 5.32 Å². The zero-order valence-corrected chi connectivity index (χ0v) is 12.2. The van der Waals surface area contributed by atoms with Crippen molar-refractivity contribution in [1.29, 1.82) is 0 Å². The lowest BCUT2D eigenvalue weighted by molar-refractivity contribution is 0.335. The number of halogens is 1. The summed E-state index contributed by atoms with van der Waals surface area (Å²) in [4.78, 5) is 1.28. The molecule has 92 valence electrons. The predicted molar refractivity (Wildman–Crippen MR) is 74.4 cm³/mol. The second-order valence-corrected chi connectivity index (χ2v) is 6.70. The summed E-state index contributed by atoms with van der Waals surface area (Å²) in [7, 11) is 0. The van der Waals surface area contributed by atoms with E-state index in [0.29, 0.717) is 11.5 Å². The smallest absolute Gasteiger partial charge is 0.0561 e. The monoisotopic (exact) mass is 259 g/mol. The van der Waals surface area contributed by atoms with Crippen LogP contribution in [0.3, 0.4) is 0 Å². The van der Waals surface area contributed by atoms with E-state index < -0.39 is 0 Å². The van der Waals surface area contributed by atoms with Crippen molar-refractivity contribution < 1.29 is 0 Å². The van der Waals surface area contributed by atoms with Crippen molar-refractivity contribution >= 4 is 22.9 Å². The Labute approximate surface area is 108 Å². The van der Waals surface area contributed by atoms with Gasteiger partial charge in [-0.25, -0.2) is 0 Å². The maximum atomic E-state index is 6.19. The fourth-order valence-corrected chi connectivity index (χ4v) is 3.00. The largest absolute Gasteiger partial charge is 0.309 e. The normalized spacial score (nSPS) is 14.1. The average Bonchev–Trinajstić information content (AvgIpc) is 2.57. The number of rotatable bonds is 5. The predicted octanol–water partition coefficient (Wildman–Crippen LogP) is 4.88. The van der Waals surface area contributed by atoms with Gasteiger partial charge in [-0.1, -0.05) is 39.3 Å². The van der Waals surface area contributed by atoms with Gasteiger partial charge in [0, 0.05) is 10.9 Å². The molecule has 0 saturated heterocycles. The van der Waals surface area contributed by atoms with E-state index in [1.807, 2.05) is 6.07 Å². The van der Waals surface area contributed by atoms with Crippen molar-refractivity contribution in [2.75, 3.05) is 6.54 Å². The molecule has 1 aromatic rings. The Morgan fingerprint density at radius 2 is 2.12 bits per heavy atom. The molecular formula is C13H22ClNS. The molecule has 3 heteroatoms. The summed E-state index contributed by atoms with van der Waals surface area (Å²) in [5.41, 5.74) is 0.386. The van der Waals surface area contributed by atoms with Gasteiger partial charge in [0.25, 0.3) is 0 Å². The summed E-state index contributed by atoms with van der Waals surface area (Å²) in [6.45, 7) is 9.98. The van der Waals surface area contributed by atoms with E-state index >= 15 is 0 Å². The van der Waals surface area contributed by atoms with Crippen LogP contribution in [0.1, 0.15) is 51.5 Å². The highest BCUT2D eigenvalue weighted by atomic mass is 35.5. The molecule has 1 atom stereocenters. The van der Waals surface area contributed by atoms with Crippen LogP contribution in [-0.2, 0) is 0 Å². The molecule has 0 aromatic carbocycles. The quantitative estimate of drug-likeness (QED) is 0.795. The van der Waals surface area contributed by atoms with Crippen molar-refractivity contribution in [3.8, 4) is 0 Å². The molecule has 1 unspecified atom stereocenters. The highest BCUT2D eigenvalue weighted by Crippen LogP contribution is 2.34. The van der Waals surface area contributed by atoms with Crippen LogP contribution >= 0.6 is 22.9 Å². The minimum atomic E-state index is 0.386. The van der Waals surface area contributed by atoms with Crippen LogP contribution in [0, 0.1) is 5.41 Å². The Kier molecular flexibility index (Phi) is 5.29. The first kappa shape index (κ1) is 14.0. The van der Waals surface area contributed by atoms with E-state index in [2.05, 4.69) is 38.4 Å². The van der Waals surface area contributed by atoms with Crippen LogP contribution < -0.4 is 5.32 Å². The average molecular weight is 260 g/mol. The molecular weight excluding hydrogens is 238 g/mol. The number of hydrogen-bond donors (Lipinski definition) is 1. The van der Waals surface area contributed by atoms with Gasteiger partial charge in [-0.3, -0.25) is 0 Å². The summed E-state index contributed by atoms with van der Waals surface area (Å²) in [6.07, 6.45) is 2.36. The molecule has 1 aromatic heterocycles. The molecule has 0 aliphatic carbocycles.